The van der Waals surface area contributed by atoms with Crippen LogP contribution < -0.4 is 21.3 Å². The molecule has 0 fully saturated rings. The average molecular weight is 1180 g/mol. The molecule has 10 aromatic rings. The zero-order chi connectivity index (χ0) is 64.7. The van der Waals surface area contributed by atoms with Gasteiger partial charge in [-0.2, -0.15) is 0 Å². The maximum absolute atomic E-state index is 2.59. The number of allylic oxidation sites excluding steroid dienone is 4. The van der Waals surface area contributed by atoms with Gasteiger partial charge in [-0.25, -0.2) is 0 Å². The highest BCUT2D eigenvalue weighted by atomic mass is 15.1. The van der Waals surface area contributed by atoms with Crippen molar-refractivity contribution in [3.8, 4) is 0 Å². The molecule has 0 N–H and O–H groups in total. The summed E-state index contributed by atoms with van der Waals surface area (Å²) in [7, 11) is 0. The lowest BCUT2D eigenvalue weighted by atomic mass is 9.33. The molecular formula is C88H98BN. The van der Waals surface area contributed by atoms with Crippen LogP contribution in [-0.4, -0.2) is 6.71 Å². The predicted molar refractivity (Wildman–Crippen MR) is 394 cm³/mol. The molecule has 0 aliphatic heterocycles. The van der Waals surface area contributed by atoms with Crippen molar-refractivity contribution in [2.75, 3.05) is 4.90 Å². The van der Waals surface area contributed by atoms with E-state index in [0.717, 1.165) is 12.8 Å². The summed E-state index contributed by atoms with van der Waals surface area (Å²) in [6.45, 7) is 41.2. The van der Waals surface area contributed by atoms with Gasteiger partial charge in [-0.1, -0.05) is 331 Å². The van der Waals surface area contributed by atoms with Gasteiger partial charge in [0.25, 0.3) is 0 Å². The van der Waals surface area contributed by atoms with Crippen molar-refractivity contribution in [3.63, 3.8) is 0 Å². The first-order valence-electron chi connectivity index (χ1n) is 32.8. The van der Waals surface area contributed by atoms with Gasteiger partial charge < -0.3 is 4.90 Å². The predicted octanol–water partition coefficient (Wildman–Crippen LogP) is 21.6. The van der Waals surface area contributed by atoms with Crippen molar-refractivity contribution in [2.24, 2.45) is 0 Å². The van der Waals surface area contributed by atoms with Crippen LogP contribution in [-0.2, 0) is 28.1 Å². The van der Waals surface area contributed by atoms with Crippen LogP contribution in [0.1, 0.15) is 170 Å². The van der Waals surface area contributed by atoms with Crippen LogP contribution in [0.5, 0.6) is 0 Å². The summed E-state index contributed by atoms with van der Waals surface area (Å²) in [6, 6.07) is 84.3. The molecule has 0 aromatic heterocycles. The Morgan fingerprint density at radius 1 is 0.389 bits per heavy atom. The minimum atomic E-state index is -0.249. The lowest BCUT2D eigenvalue weighted by Gasteiger charge is -2.33. The van der Waals surface area contributed by atoms with Crippen LogP contribution >= 0.6 is 0 Å². The van der Waals surface area contributed by atoms with E-state index in [1.165, 1.54) is 134 Å². The van der Waals surface area contributed by atoms with Gasteiger partial charge in [-0.3, -0.25) is 0 Å². The van der Waals surface area contributed by atoms with Crippen molar-refractivity contribution in [1.29, 1.82) is 0 Å². The molecule has 0 atom stereocenters. The molecule has 0 aliphatic carbocycles. The maximum Gasteiger partial charge on any atom is 0.242 e. The Morgan fingerprint density at radius 2 is 0.800 bits per heavy atom. The number of rotatable bonds is 18. The third-order valence-corrected chi connectivity index (χ3v) is 19.7. The largest absolute Gasteiger partial charge is 0.310 e. The van der Waals surface area contributed by atoms with Crippen LogP contribution in [0, 0.1) is 55.4 Å². The Morgan fingerprint density at radius 3 is 1.26 bits per heavy atom. The molecule has 0 heterocycles. The van der Waals surface area contributed by atoms with Gasteiger partial charge in [0.05, 0.1) is 0 Å². The molecule has 0 radical (unpaired) electrons. The maximum atomic E-state index is 2.59. The molecule has 10 aromatic carbocycles. The third-order valence-electron chi connectivity index (χ3n) is 19.7. The minimum absolute atomic E-state index is 0.0754. The highest BCUT2D eigenvalue weighted by Gasteiger charge is 2.35. The highest BCUT2D eigenvalue weighted by molar-refractivity contribution is 6.96. The standard InChI is InChI=1S/C72H80BN.C16H18/c1-16-18-25-58(17-2)70(10,11)63-39-35-57(46-56-33-37-61(38-34-56)71(12,13)59-26-21-19-22-27-59)66(48-63)73(65-47-62(36-32-51(65)5)72(14,15)60-28-23-20-24-29-60)69-54(8)44-64(45-55(69)9)74(67-40-30-49(3)42-52(67)6)68-41-31-50(4)43-53(68)7;1-13-9-11-15(12-10-13)16(2,3)14-7-5-4-6-8-14/h17-45,47-48H,16,46H2,1-15H3;4-12H,1-3H3/b25-18-,58-17+;. The van der Waals surface area contributed by atoms with Crippen LogP contribution in [0.15, 0.2) is 248 Å². The Hall–Kier alpha value is -8.46. The monoisotopic (exact) mass is 1180 g/mol. The van der Waals surface area contributed by atoms with E-state index in [0.29, 0.717) is 0 Å². The van der Waals surface area contributed by atoms with Gasteiger partial charge in [0, 0.05) is 38.7 Å². The Kier molecular flexibility index (Phi) is 20.3. The lowest BCUT2D eigenvalue weighted by Crippen LogP contribution is -2.56. The zero-order valence-electron chi connectivity index (χ0n) is 57.5. The van der Waals surface area contributed by atoms with Crippen molar-refractivity contribution >= 4 is 40.2 Å². The van der Waals surface area contributed by atoms with Gasteiger partial charge in [0.2, 0.25) is 6.71 Å². The van der Waals surface area contributed by atoms with Crippen LogP contribution in [0.4, 0.5) is 17.1 Å². The number of hydrogen-bond donors (Lipinski definition) is 0. The molecule has 10 rings (SSSR count). The Balaban J connectivity index is 0.000000519. The summed E-state index contributed by atoms with van der Waals surface area (Å²) in [6.07, 6.45) is 8.75. The quantitative estimate of drug-likeness (QED) is 0.0611. The number of hydrogen-bond acceptors (Lipinski definition) is 1. The fraction of sp³-hybridized carbons (Fsp3) is 0.273. The first-order valence-corrected chi connectivity index (χ1v) is 32.8. The van der Waals surface area contributed by atoms with Crippen LogP contribution in [0.2, 0.25) is 0 Å². The topological polar surface area (TPSA) is 3.24 Å². The molecule has 0 saturated carbocycles. The van der Waals surface area contributed by atoms with Gasteiger partial charge in [-0.15, -0.1) is 0 Å². The fourth-order valence-electron chi connectivity index (χ4n) is 13.7. The first-order chi connectivity index (χ1) is 42.9. The molecular weight excluding hydrogens is 1080 g/mol. The first kappa shape index (κ1) is 66.0. The zero-order valence-corrected chi connectivity index (χ0v) is 57.5. The van der Waals surface area contributed by atoms with Crippen molar-refractivity contribution in [3.05, 3.63) is 343 Å². The molecule has 0 amide bonds. The number of nitrogens with zero attached hydrogens (tertiary/aromatic N) is 1. The van der Waals surface area contributed by atoms with Gasteiger partial charge in [0.1, 0.15) is 0 Å². The van der Waals surface area contributed by atoms with E-state index in [9.17, 15) is 0 Å². The van der Waals surface area contributed by atoms with Gasteiger partial charge in [0.15, 0.2) is 0 Å². The van der Waals surface area contributed by atoms with Crippen molar-refractivity contribution in [1.82, 2.24) is 0 Å². The molecule has 1 nitrogen and oxygen atoms in total. The SMILES string of the molecule is C/C=C(\C=C/CC)C(C)(C)c1ccc(Cc2ccc(C(C)(C)c3ccccc3)cc2)c(B(c2cc(C(C)(C)c3ccccc3)ccc2C)c2c(C)cc(N(c3ccc(C)cc3C)c3ccc(C)cc3C)cc2C)c1.Cc1ccc(C(C)(C)c2ccccc2)cc1. The summed E-state index contributed by atoms with van der Waals surface area (Å²) in [4.78, 5) is 2.50. The summed E-state index contributed by atoms with van der Waals surface area (Å²) in [5, 5.41) is 0. The molecule has 90 heavy (non-hydrogen) atoms. The molecule has 0 aliphatic rings. The summed E-state index contributed by atoms with van der Waals surface area (Å²) in [5.74, 6) is 0. The third kappa shape index (κ3) is 14.3. The van der Waals surface area contributed by atoms with E-state index in [-0.39, 0.29) is 28.4 Å². The molecule has 0 spiro atoms. The Bertz CT molecular complexity index is 4060. The second-order valence-electron chi connectivity index (χ2n) is 27.7. The van der Waals surface area contributed by atoms with Crippen molar-refractivity contribution < 1.29 is 0 Å². The van der Waals surface area contributed by atoms with Crippen LogP contribution in [0.25, 0.3) is 0 Å². The second-order valence-corrected chi connectivity index (χ2v) is 27.7. The summed E-state index contributed by atoms with van der Waals surface area (Å²) in [5.41, 5.74) is 30.6. The fourth-order valence-corrected chi connectivity index (χ4v) is 13.7. The van der Waals surface area contributed by atoms with Crippen molar-refractivity contribution in [2.45, 2.75) is 159 Å². The molecule has 0 bridgehead atoms. The van der Waals surface area contributed by atoms with E-state index in [1.54, 1.807) is 0 Å². The van der Waals surface area contributed by atoms with Crippen LogP contribution in [0.3, 0.4) is 0 Å². The van der Waals surface area contributed by atoms with E-state index in [1.807, 2.05) is 0 Å². The summed E-state index contributed by atoms with van der Waals surface area (Å²) < 4.78 is 0. The molecule has 0 saturated heterocycles. The minimum Gasteiger partial charge on any atom is -0.310 e. The Labute approximate surface area is 543 Å². The lowest BCUT2D eigenvalue weighted by molar-refractivity contribution is 0.638. The van der Waals surface area contributed by atoms with E-state index >= 15 is 0 Å². The van der Waals surface area contributed by atoms with Gasteiger partial charge >= 0.3 is 0 Å². The van der Waals surface area contributed by atoms with E-state index in [4.69, 9.17) is 0 Å². The average Bonchev–Trinajstić information content (AvgIpc) is 0.788. The van der Waals surface area contributed by atoms with Gasteiger partial charge in [-0.05, 0) is 166 Å². The van der Waals surface area contributed by atoms with E-state index in [2.05, 4.69) is 372 Å². The second kappa shape index (κ2) is 27.7. The molecule has 0 unspecified atom stereocenters. The number of aryl methyl sites for hydroxylation is 8. The molecule has 458 valence electrons. The number of anilines is 3. The van der Waals surface area contributed by atoms with E-state index < -0.39 is 0 Å². The smallest absolute Gasteiger partial charge is 0.242 e. The normalized spacial score (nSPS) is 12.2. The molecule has 2 heteroatoms. The number of benzene rings is 10. The highest BCUT2D eigenvalue weighted by Crippen LogP contribution is 2.41. The summed E-state index contributed by atoms with van der Waals surface area (Å²) >= 11 is 0.